The number of fused-ring (bicyclic) bond motifs is 1. The molecule has 0 saturated carbocycles. The van der Waals surface area contributed by atoms with Gasteiger partial charge in [-0.15, -0.1) is 0 Å². The normalized spacial score (nSPS) is 20.9. The molecule has 12 heteroatoms. The lowest BCUT2D eigenvalue weighted by molar-refractivity contribution is 0.0668. The molecule has 3 aromatic heterocycles. The summed E-state index contributed by atoms with van der Waals surface area (Å²) in [5.74, 6) is -1.27. The van der Waals surface area contributed by atoms with Gasteiger partial charge in [0.25, 0.3) is 23.3 Å². The molecular formula is C20H21N7O5. The van der Waals surface area contributed by atoms with Crippen molar-refractivity contribution in [3.05, 3.63) is 52.0 Å². The number of aromatic amines is 1. The van der Waals surface area contributed by atoms with E-state index in [1.165, 1.54) is 22.8 Å². The van der Waals surface area contributed by atoms with Gasteiger partial charge in [-0.2, -0.15) is 5.10 Å². The zero-order valence-corrected chi connectivity index (χ0v) is 17.1. The Morgan fingerprint density at radius 3 is 2.72 bits per heavy atom. The van der Waals surface area contributed by atoms with Gasteiger partial charge in [0, 0.05) is 50.2 Å². The van der Waals surface area contributed by atoms with Crippen LogP contribution in [0.5, 0.6) is 0 Å². The molecule has 5 heterocycles. The highest BCUT2D eigenvalue weighted by molar-refractivity contribution is 5.96. The summed E-state index contributed by atoms with van der Waals surface area (Å²) in [6.07, 6.45) is 5.49. The van der Waals surface area contributed by atoms with Gasteiger partial charge in [0.15, 0.2) is 11.4 Å². The molecular weight excluding hydrogens is 418 g/mol. The van der Waals surface area contributed by atoms with Gasteiger partial charge in [-0.05, 0) is 25.2 Å². The monoisotopic (exact) mass is 439 g/mol. The number of amides is 3. The van der Waals surface area contributed by atoms with Crippen LogP contribution in [0, 0.1) is 5.92 Å². The maximum absolute atomic E-state index is 13.2. The fourth-order valence-electron chi connectivity index (χ4n) is 4.66. The quantitative estimate of drug-likeness (QED) is 0.573. The van der Waals surface area contributed by atoms with E-state index in [4.69, 9.17) is 10.3 Å². The predicted molar refractivity (Wildman–Crippen MR) is 109 cm³/mol. The Kier molecular flexibility index (Phi) is 4.76. The number of carbonyl (C=O) groups excluding carboxylic acids is 3. The number of H-pyrrole nitrogens is 1. The Balaban J connectivity index is 1.30. The number of carbonyl (C=O) groups is 3. The molecule has 2 unspecified atom stereocenters. The first kappa shape index (κ1) is 20.0. The van der Waals surface area contributed by atoms with Crippen molar-refractivity contribution in [2.24, 2.45) is 11.7 Å². The van der Waals surface area contributed by atoms with Crippen LogP contribution in [-0.2, 0) is 0 Å². The summed E-state index contributed by atoms with van der Waals surface area (Å²) < 4.78 is 6.36. The topological polar surface area (TPSA) is 160 Å². The van der Waals surface area contributed by atoms with Crippen molar-refractivity contribution in [2.45, 2.75) is 25.3 Å². The third-order valence-corrected chi connectivity index (χ3v) is 6.21. The lowest BCUT2D eigenvalue weighted by Crippen LogP contribution is -2.41. The number of nitrogens with zero attached hydrogens (tertiary/aromatic N) is 5. The highest BCUT2D eigenvalue weighted by Gasteiger charge is 2.40. The number of rotatable bonds is 4. The van der Waals surface area contributed by atoms with E-state index in [9.17, 15) is 19.2 Å². The van der Waals surface area contributed by atoms with Gasteiger partial charge in [-0.1, -0.05) is 5.16 Å². The first-order chi connectivity index (χ1) is 15.4. The molecule has 2 fully saturated rings. The van der Waals surface area contributed by atoms with Crippen LogP contribution in [0.25, 0.3) is 5.52 Å². The molecule has 3 N–H and O–H groups in total. The standard InChI is InChI=1S/C20H21N7O5/c21-17(28)12-9-16(32-24-12)20(31)25-6-3-11(10-25)14-2-1-5-26(14)19(30)13-8-15-18(29)22-4-7-27(15)23-13/h4,7-9,11,14H,1-3,5-6,10H2,(H2,21,28)(H,22,29). The molecule has 0 spiro atoms. The molecule has 2 saturated heterocycles. The third kappa shape index (κ3) is 3.33. The second-order valence-electron chi connectivity index (χ2n) is 8.10. The Hall–Kier alpha value is -3.96. The van der Waals surface area contributed by atoms with Crippen molar-refractivity contribution in [3.63, 3.8) is 0 Å². The SMILES string of the molecule is NC(=O)c1cc(C(=O)N2CCC(C3CCCN3C(=O)c3cc4c(=O)[nH]ccn4n3)C2)on1. The van der Waals surface area contributed by atoms with Crippen LogP contribution in [0.4, 0.5) is 0 Å². The Labute approximate surface area is 180 Å². The van der Waals surface area contributed by atoms with Crippen LogP contribution in [0.3, 0.4) is 0 Å². The highest BCUT2D eigenvalue weighted by atomic mass is 16.5. The van der Waals surface area contributed by atoms with Crippen molar-refractivity contribution >= 4 is 23.2 Å². The summed E-state index contributed by atoms with van der Waals surface area (Å²) in [5.41, 5.74) is 5.29. The number of likely N-dealkylation sites (tertiary alicyclic amines) is 2. The minimum atomic E-state index is -0.763. The van der Waals surface area contributed by atoms with Gasteiger partial charge in [0.05, 0.1) is 0 Å². The van der Waals surface area contributed by atoms with E-state index in [2.05, 4.69) is 15.2 Å². The Morgan fingerprint density at radius 2 is 1.97 bits per heavy atom. The molecule has 3 amide bonds. The first-order valence-corrected chi connectivity index (χ1v) is 10.4. The van der Waals surface area contributed by atoms with Crippen LogP contribution in [0.2, 0.25) is 0 Å². The fourth-order valence-corrected chi connectivity index (χ4v) is 4.66. The average molecular weight is 439 g/mol. The van der Waals surface area contributed by atoms with Crippen molar-refractivity contribution in [2.75, 3.05) is 19.6 Å². The molecule has 5 rings (SSSR count). The third-order valence-electron chi connectivity index (χ3n) is 6.21. The molecule has 2 aliphatic rings. The minimum Gasteiger partial charge on any atom is -0.364 e. The molecule has 0 radical (unpaired) electrons. The molecule has 0 aromatic carbocycles. The molecule has 3 aromatic rings. The Morgan fingerprint density at radius 1 is 1.12 bits per heavy atom. The molecule has 0 bridgehead atoms. The van der Waals surface area contributed by atoms with Crippen LogP contribution in [0.15, 0.2) is 33.8 Å². The van der Waals surface area contributed by atoms with Crippen LogP contribution < -0.4 is 11.3 Å². The summed E-state index contributed by atoms with van der Waals surface area (Å²) in [6.45, 7) is 1.57. The van der Waals surface area contributed by atoms with Gasteiger partial charge in [-0.3, -0.25) is 19.2 Å². The zero-order valence-electron chi connectivity index (χ0n) is 17.1. The van der Waals surface area contributed by atoms with E-state index in [1.807, 2.05) is 0 Å². The first-order valence-electron chi connectivity index (χ1n) is 10.4. The lowest BCUT2D eigenvalue weighted by atomic mass is 9.96. The maximum atomic E-state index is 13.2. The summed E-state index contributed by atoms with van der Waals surface area (Å²) >= 11 is 0. The summed E-state index contributed by atoms with van der Waals surface area (Å²) in [4.78, 5) is 55.1. The molecule has 12 nitrogen and oxygen atoms in total. The van der Waals surface area contributed by atoms with Crippen molar-refractivity contribution < 1.29 is 18.9 Å². The van der Waals surface area contributed by atoms with Crippen molar-refractivity contribution in [1.29, 1.82) is 0 Å². The van der Waals surface area contributed by atoms with Crippen molar-refractivity contribution in [1.82, 2.24) is 29.6 Å². The predicted octanol–water partition coefficient (Wildman–Crippen LogP) is -0.124. The van der Waals surface area contributed by atoms with Crippen molar-refractivity contribution in [3.8, 4) is 0 Å². The highest BCUT2D eigenvalue weighted by Crippen LogP contribution is 2.32. The zero-order chi connectivity index (χ0) is 22.4. The summed E-state index contributed by atoms with van der Waals surface area (Å²) in [7, 11) is 0. The van der Waals surface area contributed by atoms with E-state index in [0.717, 1.165) is 19.3 Å². The van der Waals surface area contributed by atoms with E-state index >= 15 is 0 Å². The minimum absolute atomic E-state index is 0.0284. The smallest absolute Gasteiger partial charge is 0.292 e. The number of aromatic nitrogens is 4. The second kappa shape index (κ2) is 7.62. The molecule has 2 aliphatic heterocycles. The molecule has 2 atom stereocenters. The van der Waals surface area contributed by atoms with E-state index in [-0.39, 0.29) is 46.5 Å². The van der Waals surface area contributed by atoms with Gasteiger partial charge in [-0.25, -0.2) is 4.52 Å². The average Bonchev–Trinajstić information content (AvgIpc) is 3.57. The van der Waals surface area contributed by atoms with Gasteiger partial charge < -0.3 is 25.0 Å². The van der Waals surface area contributed by atoms with E-state index < -0.39 is 5.91 Å². The number of hydrogen-bond acceptors (Lipinski definition) is 7. The number of primary amides is 1. The lowest BCUT2D eigenvalue weighted by Gasteiger charge is -2.29. The largest absolute Gasteiger partial charge is 0.364 e. The molecule has 0 aliphatic carbocycles. The summed E-state index contributed by atoms with van der Waals surface area (Å²) in [5, 5.41) is 7.78. The number of hydrogen-bond donors (Lipinski definition) is 2. The van der Waals surface area contributed by atoms with Gasteiger partial charge in [0.1, 0.15) is 5.52 Å². The number of nitrogens with two attached hydrogens (primary N) is 1. The van der Waals surface area contributed by atoms with E-state index in [1.54, 1.807) is 16.0 Å². The van der Waals surface area contributed by atoms with Crippen LogP contribution in [0.1, 0.15) is 50.8 Å². The Bertz CT molecular complexity index is 1270. The van der Waals surface area contributed by atoms with Gasteiger partial charge >= 0.3 is 0 Å². The van der Waals surface area contributed by atoms with Crippen LogP contribution >= 0.6 is 0 Å². The second-order valence-corrected chi connectivity index (χ2v) is 8.10. The molecule has 32 heavy (non-hydrogen) atoms. The maximum Gasteiger partial charge on any atom is 0.292 e. The molecule has 166 valence electrons. The number of nitrogens with one attached hydrogen (secondary N) is 1. The van der Waals surface area contributed by atoms with E-state index in [0.29, 0.717) is 25.2 Å². The van der Waals surface area contributed by atoms with Crippen LogP contribution in [-0.4, -0.2) is 73.0 Å². The summed E-state index contributed by atoms with van der Waals surface area (Å²) in [6, 6.07) is 2.72. The fraction of sp³-hybridized carbons (Fsp3) is 0.400. The van der Waals surface area contributed by atoms with Gasteiger partial charge in [0.2, 0.25) is 5.76 Å².